The number of nitrogens with one attached hydrogen (secondary N) is 2. The van der Waals surface area contributed by atoms with E-state index >= 15 is 0 Å². The first-order valence-corrected chi connectivity index (χ1v) is 10.4. The Labute approximate surface area is 152 Å². The maximum atomic E-state index is 12.5. The molecule has 0 radical (unpaired) electrons. The van der Waals surface area contributed by atoms with Gasteiger partial charge in [0.2, 0.25) is 10.0 Å². The molecule has 26 heavy (non-hydrogen) atoms. The van der Waals surface area contributed by atoms with E-state index in [2.05, 4.69) is 10.0 Å². The lowest BCUT2D eigenvalue weighted by atomic mass is 10.2. The Balaban J connectivity index is 2.32. The Morgan fingerprint density at radius 2 is 1.50 bits per heavy atom. The van der Waals surface area contributed by atoms with Crippen LogP contribution in [-0.4, -0.2) is 48.2 Å². The fraction of sp³-hybridized carbons (Fsp3) is 0.188. The predicted molar refractivity (Wildman–Crippen MR) is 98.0 cm³/mol. The number of anilines is 1. The largest absolute Gasteiger partial charge is 0.355 e. The molecule has 2 rings (SSSR count). The van der Waals surface area contributed by atoms with Crippen molar-refractivity contribution in [1.29, 1.82) is 0 Å². The van der Waals surface area contributed by atoms with Gasteiger partial charge < -0.3 is 5.32 Å². The van der Waals surface area contributed by atoms with E-state index in [9.17, 15) is 21.6 Å². The van der Waals surface area contributed by atoms with Crippen LogP contribution < -0.4 is 10.0 Å². The number of rotatable bonds is 6. The van der Waals surface area contributed by atoms with Crippen molar-refractivity contribution >= 4 is 31.6 Å². The zero-order valence-electron chi connectivity index (χ0n) is 14.4. The standard InChI is InChI=1S/C16H19N3O5S2/c1-17-16(20)12-7-9-13(10-8-12)18-25(21,22)14-5-4-6-15(11-14)26(23,24)19(2)3/h4-11,18H,1-3H3,(H,17,20). The van der Waals surface area contributed by atoms with Crippen molar-refractivity contribution in [3.05, 3.63) is 54.1 Å². The van der Waals surface area contributed by atoms with E-state index in [1.165, 1.54) is 63.6 Å². The van der Waals surface area contributed by atoms with Crippen molar-refractivity contribution in [2.45, 2.75) is 9.79 Å². The Kier molecular flexibility index (Phi) is 5.69. The summed E-state index contributed by atoms with van der Waals surface area (Å²) in [6.07, 6.45) is 0. The quantitative estimate of drug-likeness (QED) is 0.758. The van der Waals surface area contributed by atoms with Crippen molar-refractivity contribution in [3.63, 3.8) is 0 Å². The molecule has 0 saturated heterocycles. The van der Waals surface area contributed by atoms with Crippen LogP contribution in [0, 0.1) is 0 Å². The van der Waals surface area contributed by atoms with E-state index in [0.717, 1.165) is 10.4 Å². The molecule has 0 aliphatic carbocycles. The molecule has 0 fully saturated rings. The van der Waals surface area contributed by atoms with E-state index in [0.29, 0.717) is 5.56 Å². The molecule has 0 saturated carbocycles. The smallest absolute Gasteiger partial charge is 0.261 e. The fourth-order valence-corrected chi connectivity index (χ4v) is 4.19. The van der Waals surface area contributed by atoms with E-state index in [1.54, 1.807) is 0 Å². The summed E-state index contributed by atoms with van der Waals surface area (Å²) < 4.78 is 52.8. The molecule has 2 aromatic carbocycles. The van der Waals surface area contributed by atoms with Gasteiger partial charge in [0.1, 0.15) is 0 Å². The second-order valence-corrected chi connectivity index (χ2v) is 9.36. The summed E-state index contributed by atoms with van der Waals surface area (Å²) in [5, 5.41) is 2.47. The van der Waals surface area contributed by atoms with Crippen LogP contribution in [-0.2, 0) is 20.0 Å². The molecule has 1 amide bonds. The van der Waals surface area contributed by atoms with E-state index in [1.807, 2.05) is 0 Å². The Morgan fingerprint density at radius 3 is 2.04 bits per heavy atom. The minimum atomic E-state index is -3.99. The molecular weight excluding hydrogens is 378 g/mol. The number of carbonyl (C=O) groups is 1. The number of amides is 1. The third kappa shape index (κ3) is 4.21. The zero-order chi connectivity index (χ0) is 19.5. The first kappa shape index (κ1) is 19.9. The molecular formula is C16H19N3O5S2. The van der Waals surface area contributed by atoms with Crippen molar-refractivity contribution in [2.75, 3.05) is 25.9 Å². The topological polar surface area (TPSA) is 113 Å². The van der Waals surface area contributed by atoms with E-state index < -0.39 is 20.0 Å². The average molecular weight is 397 g/mol. The van der Waals surface area contributed by atoms with Gasteiger partial charge in [0.05, 0.1) is 9.79 Å². The zero-order valence-corrected chi connectivity index (χ0v) is 16.1. The summed E-state index contributed by atoms with van der Waals surface area (Å²) in [5.74, 6) is -0.291. The van der Waals surface area contributed by atoms with Gasteiger partial charge in [-0.3, -0.25) is 9.52 Å². The summed E-state index contributed by atoms with van der Waals surface area (Å²) in [6.45, 7) is 0. The van der Waals surface area contributed by atoms with Gasteiger partial charge in [-0.2, -0.15) is 0 Å². The lowest BCUT2D eigenvalue weighted by Crippen LogP contribution is -2.22. The van der Waals surface area contributed by atoms with Crippen LogP contribution in [0.1, 0.15) is 10.4 Å². The first-order valence-electron chi connectivity index (χ1n) is 7.45. The minimum Gasteiger partial charge on any atom is -0.355 e. The minimum absolute atomic E-state index is 0.125. The first-order chi connectivity index (χ1) is 12.1. The molecule has 0 unspecified atom stereocenters. The summed E-state index contributed by atoms with van der Waals surface area (Å²) in [5.41, 5.74) is 0.632. The maximum Gasteiger partial charge on any atom is 0.261 e. The highest BCUT2D eigenvalue weighted by Gasteiger charge is 2.21. The van der Waals surface area contributed by atoms with Crippen molar-refractivity contribution < 1.29 is 21.6 Å². The number of nitrogens with zero attached hydrogens (tertiary/aromatic N) is 1. The second-order valence-electron chi connectivity index (χ2n) is 5.52. The fourth-order valence-electron chi connectivity index (χ4n) is 2.06. The van der Waals surface area contributed by atoms with E-state index in [-0.39, 0.29) is 21.4 Å². The van der Waals surface area contributed by atoms with Gasteiger partial charge in [-0.1, -0.05) is 6.07 Å². The molecule has 0 aliphatic heterocycles. The van der Waals surface area contributed by atoms with Gasteiger partial charge >= 0.3 is 0 Å². The lowest BCUT2D eigenvalue weighted by Gasteiger charge is -2.13. The van der Waals surface area contributed by atoms with Gasteiger partial charge in [0, 0.05) is 32.4 Å². The normalized spacial score (nSPS) is 12.0. The third-order valence-corrected chi connectivity index (χ3v) is 6.71. The Bertz CT molecular complexity index is 1010. The number of sulfonamides is 2. The van der Waals surface area contributed by atoms with Crippen LogP contribution in [0.2, 0.25) is 0 Å². The molecule has 0 spiro atoms. The molecule has 0 aliphatic rings. The van der Waals surface area contributed by atoms with E-state index in [4.69, 9.17) is 0 Å². The number of carbonyl (C=O) groups excluding carboxylic acids is 1. The molecule has 0 aromatic heterocycles. The van der Waals surface area contributed by atoms with Crippen LogP contribution in [0.3, 0.4) is 0 Å². The SMILES string of the molecule is CNC(=O)c1ccc(NS(=O)(=O)c2cccc(S(=O)(=O)N(C)C)c2)cc1. The predicted octanol–water partition coefficient (Wildman–Crippen LogP) is 1.10. The highest BCUT2D eigenvalue weighted by Crippen LogP contribution is 2.21. The van der Waals surface area contributed by atoms with Crippen LogP contribution >= 0.6 is 0 Å². The van der Waals surface area contributed by atoms with Crippen molar-refractivity contribution in [3.8, 4) is 0 Å². The molecule has 2 N–H and O–H groups in total. The van der Waals surface area contributed by atoms with Crippen LogP contribution in [0.4, 0.5) is 5.69 Å². The summed E-state index contributed by atoms with van der Waals surface area (Å²) in [4.78, 5) is 11.2. The number of hydrogen-bond acceptors (Lipinski definition) is 5. The van der Waals surface area contributed by atoms with Gasteiger partial charge in [-0.25, -0.2) is 21.1 Å². The monoisotopic (exact) mass is 397 g/mol. The van der Waals surface area contributed by atoms with Gasteiger partial charge in [0.15, 0.2) is 0 Å². The molecule has 8 nitrogen and oxygen atoms in total. The third-order valence-electron chi connectivity index (χ3n) is 3.52. The van der Waals surface area contributed by atoms with Crippen molar-refractivity contribution in [2.24, 2.45) is 0 Å². The van der Waals surface area contributed by atoms with Gasteiger partial charge in [0.25, 0.3) is 15.9 Å². The lowest BCUT2D eigenvalue weighted by molar-refractivity contribution is 0.0963. The summed E-state index contributed by atoms with van der Waals surface area (Å²) in [7, 11) is -3.53. The molecule has 140 valence electrons. The second kappa shape index (κ2) is 7.44. The Morgan fingerprint density at radius 1 is 0.923 bits per heavy atom. The van der Waals surface area contributed by atoms with Crippen LogP contribution in [0.15, 0.2) is 58.3 Å². The highest BCUT2D eigenvalue weighted by molar-refractivity contribution is 7.93. The average Bonchev–Trinajstić information content (AvgIpc) is 2.61. The highest BCUT2D eigenvalue weighted by atomic mass is 32.2. The van der Waals surface area contributed by atoms with Gasteiger partial charge in [-0.15, -0.1) is 0 Å². The summed E-state index contributed by atoms with van der Waals surface area (Å²) >= 11 is 0. The van der Waals surface area contributed by atoms with Crippen LogP contribution in [0.25, 0.3) is 0 Å². The van der Waals surface area contributed by atoms with Crippen LogP contribution in [0.5, 0.6) is 0 Å². The number of benzene rings is 2. The van der Waals surface area contributed by atoms with Crippen molar-refractivity contribution in [1.82, 2.24) is 9.62 Å². The number of hydrogen-bond donors (Lipinski definition) is 2. The molecule has 0 bridgehead atoms. The maximum absolute atomic E-state index is 12.5. The molecule has 2 aromatic rings. The molecule has 0 heterocycles. The Hall–Kier alpha value is -2.43. The summed E-state index contributed by atoms with van der Waals surface area (Å²) in [6, 6.07) is 10.9. The van der Waals surface area contributed by atoms with Gasteiger partial charge in [-0.05, 0) is 42.5 Å². The molecule has 10 heteroatoms. The molecule has 0 atom stereocenters.